The maximum atomic E-state index is 12.4. The molecule has 2 rings (SSSR count). The van der Waals surface area contributed by atoms with Crippen molar-refractivity contribution in [3.8, 4) is 11.5 Å². The molecule has 5 heteroatoms. The number of aromatic hydroxyl groups is 1. The molecule has 156 valence electrons. The Morgan fingerprint density at radius 3 is 2.50 bits per heavy atom. The highest BCUT2D eigenvalue weighted by Gasteiger charge is 2.36. The van der Waals surface area contributed by atoms with Gasteiger partial charge in [0.15, 0.2) is 5.78 Å². The van der Waals surface area contributed by atoms with Crippen LogP contribution in [0, 0.1) is 5.92 Å². The topological polar surface area (TPSA) is 72.8 Å². The van der Waals surface area contributed by atoms with Gasteiger partial charge in [0.1, 0.15) is 23.5 Å². The summed E-state index contributed by atoms with van der Waals surface area (Å²) in [5, 5.41) is 10.1. The van der Waals surface area contributed by atoms with E-state index in [2.05, 4.69) is 6.92 Å². The monoisotopic (exact) mass is 390 g/mol. The minimum Gasteiger partial charge on any atom is -0.508 e. The molecule has 1 aromatic rings. The number of cyclic esters (lactones) is 1. The SMILES string of the molecule is CCCCCC1C(=O)CC(CCc2cc(CC)c(O)cc2OCCC)OC1=O. The van der Waals surface area contributed by atoms with Gasteiger partial charge in [-0.1, -0.05) is 40.0 Å². The molecule has 0 aliphatic carbocycles. The molecule has 1 aliphatic heterocycles. The summed E-state index contributed by atoms with van der Waals surface area (Å²) < 4.78 is 11.4. The van der Waals surface area contributed by atoms with Crippen molar-refractivity contribution in [2.24, 2.45) is 5.92 Å². The van der Waals surface area contributed by atoms with E-state index in [9.17, 15) is 14.7 Å². The van der Waals surface area contributed by atoms with Gasteiger partial charge >= 0.3 is 5.97 Å². The minimum atomic E-state index is -0.577. The van der Waals surface area contributed by atoms with Gasteiger partial charge < -0.3 is 14.6 Å². The summed E-state index contributed by atoms with van der Waals surface area (Å²) >= 11 is 0. The Morgan fingerprint density at radius 1 is 1.07 bits per heavy atom. The number of ketones is 1. The second-order valence-corrected chi connectivity index (χ2v) is 7.61. The van der Waals surface area contributed by atoms with E-state index in [1.54, 1.807) is 6.07 Å². The van der Waals surface area contributed by atoms with Crippen LogP contribution in [0.5, 0.6) is 11.5 Å². The summed E-state index contributed by atoms with van der Waals surface area (Å²) in [5.74, 6) is -0.0138. The predicted molar refractivity (Wildman–Crippen MR) is 109 cm³/mol. The van der Waals surface area contributed by atoms with Gasteiger partial charge in [0.05, 0.1) is 6.61 Å². The zero-order valence-corrected chi connectivity index (χ0v) is 17.5. The van der Waals surface area contributed by atoms with Crippen molar-refractivity contribution < 1.29 is 24.2 Å². The molecule has 0 saturated carbocycles. The Kier molecular flexibility index (Phi) is 8.81. The van der Waals surface area contributed by atoms with Crippen LogP contribution in [0.2, 0.25) is 0 Å². The van der Waals surface area contributed by atoms with Gasteiger partial charge in [-0.2, -0.15) is 0 Å². The quantitative estimate of drug-likeness (QED) is 0.335. The number of benzene rings is 1. The number of phenols is 1. The fourth-order valence-corrected chi connectivity index (χ4v) is 3.63. The molecule has 0 amide bonds. The van der Waals surface area contributed by atoms with Crippen molar-refractivity contribution >= 4 is 11.8 Å². The third-order valence-electron chi connectivity index (χ3n) is 5.32. The summed E-state index contributed by atoms with van der Waals surface area (Å²) in [4.78, 5) is 24.7. The van der Waals surface area contributed by atoms with Gasteiger partial charge in [-0.3, -0.25) is 9.59 Å². The van der Waals surface area contributed by atoms with Crippen LogP contribution >= 0.6 is 0 Å². The molecule has 0 spiro atoms. The molecule has 28 heavy (non-hydrogen) atoms. The zero-order chi connectivity index (χ0) is 20.5. The van der Waals surface area contributed by atoms with Crippen LogP contribution in [0.3, 0.4) is 0 Å². The smallest absolute Gasteiger partial charge is 0.316 e. The summed E-state index contributed by atoms with van der Waals surface area (Å²) in [6, 6.07) is 3.63. The van der Waals surface area contributed by atoms with E-state index < -0.39 is 5.92 Å². The fraction of sp³-hybridized carbons (Fsp3) is 0.652. The van der Waals surface area contributed by atoms with E-state index in [0.717, 1.165) is 43.2 Å². The first-order valence-corrected chi connectivity index (χ1v) is 10.7. The number of hydrogen-bond acceptors (Lipinski definition) is 5. The number of hydrogen-bond donors (Lipinski definition) is 1. The first kappa shape index (κ1) is 22.3. The van der Waals surface area contributed by atoms with Crippen molar-refractivity contribution in [3.63, 3.8) is 0 Å². The van der Waals surface area contributed by atoms with Crippen molar-refractivity contribution in [1.82, 2.24) is 0 Å². The maximum Gasteiger partial charge on any atom is 0.316 e. The summed E-state index contributed by atoms with van der Waals surface area (Å²) in [5.41, 5.74) is 1.85. The normalized spacial score (nSPS) is 19.5. The van der Waals surface area contributed by atoms with Gasteiger partial charge in [-0.25, -0.2) is 0 Å². The average Bonchev–Trinajstić information content (AvgIpc) is 2.67. The van der Waals surface area contributed by atoms with E-state index >= 15 is 0 Å². The van der Waals surface area contributed by atoms with Crippen LogP contribution in [-0.2, 0) is 27.2 Å². The number of rotatable bonds is 11. The Morgan fingerprint density at radius 2 is 1.86 bits per heavy atom. The van der Waals surface area contributed by atoms with Crippen molar-refractivity contribution in [2.45, 2.75) is 84.7 Å². The molecular weight excluding hydrogens is 356 g/mol. The first-order valence-electron chi connectivity index (χ1n) is 10.7. The van der Waals surface area contributed by atoms with Crippen LogP contribution in [0.25, 0.3) is 0 Å². The lowest BCUT2D eigenvalue weighted by Crippen LogP contribution is -2.38. The Hall–Kier alpha value is -2.04. The lowest BCUT2D eigenvalue weighted by atomic mass is 9.89. The molecule has 0 radical (unpaired) electrons. The second kappa shape index (κ2) is 11.1. The van der Waals surface area contributed by atoms with Crippen LogP contribution in [0.4, 0.5) is 0 Å². The molecule has 5 nitrogen and oxygen atoms in total. The Bertz CT molecular complexity index is 649. The van der Waals surface area contributed by atoms with E-state index in [1.165, 1.54) is 0 Å². The first-order chi connectivity index (χ1) is 13.5. The third kappa shape index (κ3) is 5.98. The van der Waals surface area contributed by atoms with E-state index in [-0.39, 0.29) is 23.6 Å². The number of esters is 1. The van der Waals surface area contributed by atoms with Crippen LogP contribution < -0.4 is 4.74 Å². The molecule has 0 aromatic heterocycles. The van der Waals surface area contributed by atoms with Gasteiger partial charge in [0.2, 0.25) is 0 Å². The molecule has 1 saturated heterocycles. The highest BCUT2D eigenvalue weighted by Crippen LogP contribution is 2.31. The molecule has 1 heterocycles. The van der Waals surface area contributed by atoms with Crippen molar-refractivity contribution in [3.05, 3.63) is 23.3 Å². The van der Waals surface area contributed by atoms with Gasteiger partial charge in [0.25, 0.3) is 0 Å². The number of Topliss-reactive ketones (excluding diaryl/α,β-unsaturated/α-hetero) is 1. The molecular formula is C23H34O5. The number of phenolic OH excluding ortho intramolecular Hbond substituents is 1. The van der Waals surface area contributed by atoms with Crippen LogP contribution in [0.15, 0.2) is 12.1 Å². The van der Waals surface area contributed by atoms with Gasteiger partial charge in [-0.15, -0.1) is 0 Å². The molecule has 2 atom stereocenters. The summed E-state index contributed by atoms with van der Waals surface area (Å²) in [6.45, 7) is 6.70. The van der Waals surface area contributed by atoms with Gasteiger partial charge in [-0.05, 0) is 49.3 Å². The molecule has 1 aromatic carbocycles. The number of aryl methyl sites for hydroxylation is 2. The number of ether oxygens (including phenoxy) is 2. The van der Waals surface area contributed by atoms with Crippen LogP contribution in [0.1, 0.15) is 76.8 Å². The Balaban J connectivity index is 2.00. The summed E-state index contributed by atoms with van der Waals surface area (Å²) in [6.07, 6.45) is 6.33. The maximum absolute atomic E-state index is 12.4. The lowest BCUT2D eigenvalue weighted by molar-refractivity contribution is -0.165. The van der Waals surface area contributed by atoms with E-state index in [1.807, 2.05) is 19.9 Å². The number of carbonyl (C=O) groups is 2. The molecule has 2 unspecified atom stereocenters. The molecule has 0 bridgehead atoms. The Labute approximate surface area is 168 Å². The van der Waals surface area contributed by atoms with Gasteiger partial charge in [0, 0.05) is 12.5 Å². The zero-order valence-electron chi connectivity index (χ0n) is 17.5. The van der Waals surface area contributed by atoms with Crippen molar-refractivity contribution in [1.29, 1.82) is 0 Å². The largest absolute Gasteiger partial charge is 0.508 e. The summed E-state index contributed by atoms with van der Waals surface area (Å²) in [7, 11) is 0. The minimum absolute atomic E-state index is 0.0137. The lowest BCUT2D eigenvalue weighted by Gasteiger charge is -2.27. The number of carbonyl (C=O) groups excluding carboxylic acids is 2. The molecule has 1 N–H and O–H groups in total. The number of unbranched alkanes of at least 4 members (excludes halogenated alkanes) is 2. The van der Waals surface area contributed by atoms with Crippen molar-refractivity contribution in [2.75, 3.05) is 6.61 Å². The standard InChI is InChI=1S/C23H34O5/c1-4-7-8-9-19-21(25)14-18(28-23(19)26)11-10-17-13-16(6-3)20(24)15-22(17)27-12-5-2/h13,15,18-19,24H,4-12,14H2,1-3H3. The highest BCUT2D eigenvalue weighted by molar-refractivity contribution is 6.01. The van der Waals surface area contributed by atoms with E-state index in [4.69, 9.17) is 9.47 Å². The average molecular weight is 391 g/mol. The third-order valence-corrected chi connectivity index (χ3v) is 5.32. The predicted octanol–water partition coefficient (Wildman–Crippen LogP) is 4.76. The second-order valence-electron chi connectivity index (χ2n) is 7.61. The van der Waals surface area contributed by atoms with Crippen LogP contribution in [-0.4, -0.2) is 29.6 Å². The molecule has 1 aliphatic rings. The van der Waals surface area contributed by atoms with E-state index in [0.29, 0.717) is 38.0 Å². The highest BCUT2D eigenvalue weighted by atomic mass is 16.5. The fourth-order valence-electron chi connectivity index (χ4n) is 3.63. The molecule has 1 fully saturated rings.